The van der Waals surface area contributed by atoms with Crippen LogP contribution in [0.15, 0.2) is 52.1 Å². The molecule has 0 saturated carbocycles. The molecule has 0 bridgehead atoms. The van der Waals surface area contributed by atoms with Crippen molar-refractivity contribution < 1.29 is 9.59 Å². The predicted octanol–water partition coefficient (Wildman–Crippen LogP) is 2.21. The van der Waals surface area contributed by atoms with Crippen LogP contribution in [0.3, 0.4) is 0 Å². The van der Waals surface area contributed by atoms with Gasteiger partial charge in [-0.15, -0.1) is 0 Å². The Hall–Kier alpha value is -4.22. The number of halogens is 1. The van der Waals surface area contributed by atoms with Gasteiger partial charge in [0.2, 0.25) is 11.9 Å². The van der Waals surface area contributed by atoms with Gasteiger partial charge in [0.25, 0.3) is 11.5 Å². The van der Waals surface area contributed by atoms with Gasteiger partial charge in [-0.3, -0.25) is 33.0 Å². The number of piperazine rings is 1. The second-order valence-electron chi connectivity index (χ2n) is 11.1. The average molecular weight is 590 g/mol. The summed E-state index contributed by atoms with van der Waals surface area (Å²) in [6.45, 7) is 6.40. The van der Waals surface area contributed by atoms with Crippen LogP contribution in [0.2, 0.25) is 5.02 Å². The number of imide groups is 1. The van der Waals surface area contributed by atoms with E-state index in [0.717, 1.165) is 21.3 Å². The summed E-state index contributed by atoms with van der Waals surface area (Å²) in [5, 5.41) is 0.506. The Labute approximate surface area is 247 Å². The minimum absolute atomic E-state index is 0.106. The number of carbonyl (C=O) groups is 2. The minimum Gasteiger partial charge on any atom is -0.340 e. The summed E-state index contributed by atoms with van der Waals surface area (Å²) in [5.41, 5.74) is 3.33. The van der Waals surface area contributed by atoms with Crippen LogP contribution < -0.4 is 21.0 Å². The third kappa shape index (κ3) is 4.62. The first kappa shape index (κ1) is 27.9. The van der Waals surface area contributed by atoms with Crippen molar-refractivity contribution in [3.63, 3.8) is 0 Å². The molecule has 0 N–H and O–H groups in total. The topological polar surface area (TPSA) is 106 Å². The second-order valence-corrected chi connectivity index (χ2v) is 11.5. The van der Waals surface area contributed by atoms with Crippen molar-refractivity contribution in [2.24, 2.45) is 14.1 Å². The molecule has 2 amide bonds. The quantitative estimate of drug-likeness (QED) is 0.329. The van der Waals surface area contributed by atoms with E-state index < -0.39 is 17.3 Å². The van der Waals surface area contributed by atoms with E-state index in [4.69, 9.17) is 16.6 Å². The standard InChI is InChI=1S/C30H32ClN7O4/c1-18-6-5-7-20(14-18)17-37-25-26(33(3)30(42)34(4)28(25)41)32-29(37)36-12-10-35(11-13-36)23-16-24(39)38(27(23)40)21-9-8-19(2)22(31)15-21/h5-9,14-15,23H,10-13,16-17H2,1-4H3. The molecule has 2 aliphatic rings. The Morgan fingerprint density at radius 2 is 1.67 bits per heavy atom. The average Bonchev–Trinajstić information content (AvgIpc) is 3.49. The summed E-state index contributed by atoms with van der Waals surface area (Å²) in [4.78, 5) is 62.6. The second kappa shape index (κ2) is 10.6. The van der Waals surface area contributed by atoms with Gasteiger partial charge in [0.15, 0.2) is 11.2 Å². The Morgan fingerprint density at radius 1 is 0.929 bits per heavy atom. The zero-order chi connectivity index (χ0) is 29.9. The lowest BCUT2D eigenvalue weighted by atomic mass is 10.1. The van der Waals surface area contributed by atoms with Gasteiger partial charge < -0.3 is 4.90 Å². The largest absolute Gasteiger partial charge is 0.340 e. The monoisotopic (exact) mass is 589 g/mol. The molecule has 218 valence electrons. The minimum atomic E-state index is -0.557. The van der Waals surface area contributed by atoms with Gasteiger partial charge >= 0.3 is 5.69 Å². The van der Waals surface area contributed by atoms with E-state index in [0.29, 0.717) is 60.5 Å². The molecule has 4 aromatic rings. The number of amides is 2. The summed E-state index contributed by atoms with van der Waals surface area (Å²) in [5.74, 6) is 0.0943. The summed E-state index contributed by atoms with van der Waals surface area (Å²) >= 11 is 6.27. The molecule has 2 aromatic carbocycles. The molecule has 2 fully saturated rings. The van der Waals surface area contributed by atoms with Crippen LogP contribution in [0.25, 0.3) is 11.2 Å². The number of fused-ring (bicyclic) bond motifs is 1. The first-order chi connectivity index (χ1) is 20.0. The van der Waals surface area contributed by atoms with Crippen molar-refractivity contribution in [1.82, 2.24) is 23.6 Å². The Morgan fingerprint density at radius 3 is 2.36 bits per heavy atom. The lowest BCUT2D eigenvalue weighted by Crippen LogP contribution is -2.53. The van der Waals surface area contributed by atoms with Crippen LogP contribution in [0, 0.1) is 13.8 Å². The number of aromatic nitrogens is 4. The van der Waals surface area contributed by atoms with Crippen LogP contribution in [0.1, 0.15) is 23.1 Å². The number of nitrogens with zero attached hydrogens (tertiary/aromatic N) is 7. The molecular weight excluding hydrogens is 558 g/mol. The fraction of sp³-hybridized carbons (Fsp3) is 0.367. The highest BCUT2D eigenvalue weighted by atomic mass is 35.5. The van der Waals surface area contributed by atoms with Gasteiger partial charge in [-0.05, 0) is 37.1 Å². The molecular formula is C30H32ClN7O4. The van der Waals surface area contributed by atoms with Crippen LogP contribution in [0.5, 0.6) is 0 Å². The number of anilines is 2. The lowest BCUT2D eigenvalue weighted by molar-refractivity contribution is -0.123. The Balaban J connectivity index is 1.29. The third-order valence-corrected chi connectivity index (χ3v) is 8.73. The van der Waals surface area contributed by atoms with Crippen LogP contribution >= 0.6 is 11.6 Å². The van der Waals surface area contributed by atoms with Crippen LogP contribution in [0.4, 0.5) is 11.6 Å². The van der Waals surface area contributed by atoms with Crippen LogP contribution in [-0.4, -0.2) is 67.6 Å². The normalized spacial score (nSPS) is 18.1. The first-order valence-electron chi connectivity index (χ1n) is 13.9. The highest BCUT2D eigenvalue weighted by molar-refractivity contribution is 6.32. The maximum atomic E-state index is 13.4. The molecule has 0 spiro atoms. The molecule has 2 aromatic heterocycles. The van der Waals surface area contributed by atoms with E-state index in [1.165, 1.54) is 16.5 Å². The first-order valence-corrected chi connectivity index (χ1v) is 14.3. The summed E-state index contributed by atoms with van der Waals surface area (Å²) in [6, 6.07) is 12.7. The number of hydrogen-bond acceptors (Lipinski definition) is 7. The zero-order valence-corrected chi connectivity index (χ0v) is 24.8. The zero-order valence-electron chi connectivity index (χ0n) is 24.0. The van der Waals surface area contributed by atoms with Crippen LogP contribution in [-0.2, 0) is 30.2 Å². The van der Waals surface area contributed by atoms with E-state index in [1.54, 1.807) is 25.2 Å². The Bertz CT molecular complexity index is 1870. The molecule has 11 nitrogen and oxygen atoms in total. The number of rotatable bonds is 5. The van der Waals surface area contributed by atoms with Gasteiger partial charge in [0.1, 0.15) is 0 Å². The molecule has 2 saturated heterocycles. The van der Waals surface area contributed by atoms with Gasteiger partial charge in [-0.25, -0.2) is 9.69 Å². The molecule has 6 rings (SSSR count). The van der Waals surface area contributed by atoms with Gasteiger partial charge in [-0.2, -0.15) is 4.98 Å². The summed E-state index contributed by atoms with van der Waals surface area (Å²) in [6.07, 6.45) is 0.106. The van der Waals surface area contributed by atoms with Crippen molar-refractivity contribution in [2.75, 3.05) is 36.0 Å². The highest BCUT2D eigenvalue weighted by Gasteiger charge is 2.43. The molecule has 1 atom stereocenters. The summed E-state index contributed by atoms with van der Waals surface area (Å²) < 4.78 is 4.39. The van der Waals surface area contributed by atoms with Gasteiger partial charge in [-0.1, -0.05) is 47.5 Å². The van der Waals surface area contributed by atoms with E-state index in [9.17, 15) is 19.2 Å². The number of hydrogen-bond donors (Lipinski definition) is 0. The SMILES string of the molecule is Cc1cccc(Cn2c(N3CCN(C4CC(=O)N(c5ccc(C)c(Cl)c5)C4=O)CC3)nc3c2c(=O)n(C)c(=O)n3C)c1. The smallest absolute Gasteiger partial charge is 0.332 e. The molecule has 0 aliphatic carbocycles. The van der Waals surface area contributed by atoms with E-state index in [2.05, 4.69) is 11.0 Å². The number of aryl methyl sites for hydroxylation is 3. The lowest BCUT2D eigenvalue weighted by Gasteiger charge is -2.37. The van der Waals surface area contributed by atoms with E-state index >= 15 is 0 Å². The van der Waals surface area contributed by atoms with Gasteiger partial charge in [0, 0.05) is 45.3 Å². The van der Waals surface area contributed by atoms with Crippen molar-refractivity contribution in [3.8, 4) is 0 Å². The number of carbonyl (C=O) groups excluding carboxylic acids is 2. The van der Waals surface area contributed by atoms with E-state index in [-0.39, 0.29) is 18.2 Å². The fourth-order valence-electron chi connectivity index (χ4n) is 5.95. The predicted molar refractivity (Wildman–Crippen MR) is 161 cm³/mol. The summed E-state index contributed by atoms with van der Waals surface area (Å²) in [7, 11) is 3.09. The molecule has 12 heteroatoms. The molecule has 4 heterocycles. The molecule has 0 radical (unpaired) electrons. The van der Waals surface area contributed by atoms with E-state index in [1.807, 2.05) is 41.5 Å². The van der Waals surface area contributed by atoms with Crippen molar-refractivity contribution in [3.05, 3.63) is 85.0 Å². The number of benzene rings is 2. The fourth-order valence-corrected chi connectivity index (χ4v) is 6.12. The Kier molecular flexibility index (Phi) is 7.02. The van der Waals surface area contributed by atoms with Gasteiger partial charge in [0.05, 0.1) is 24.7 Å². The third-order valence-electron chi connectivity index (χ3n) is 8.33. The molecule has 42 heavy (non-hydrogen) atoms. The van der Waals surface area contributed by atoms with Crippen molar-refractivity contribution in [2.45, 2.75) is 32.9 Å². The molecule has 2 aliphatic heterocycles. The maximum Gasteiger partial charge on any atom is 0.332 e. The molecule has 1 unspecified atom stereocenters. The number of imidazole rings is 1. The van der Waals surface area contributed by atoms with Crippen molar-refractivity contribution >= 4 is 46.2 Å². The maximum absolute atomic E-state index is 13.4. The van der Waals surface area contributed by atoms with Crippen molar-refractivity contribution in [1.29, 1.82) is 0 Å². The highest BCUT2D eigenvalue weighted by Crippen LogP contribution is 2.30.